The molecule has 0 saturated carbocycles. The second-order valence-corrected chi connectivity index (χ2v) is 4.11. The van der Waals surface area contributed by atoms with Gasteiger partial charge in [0.05, 0.1) is 0 Å². The number of benzene rings is 1. The number of hydrogen-bond donors (Lipinski definition) is 1. The molecule has 0 amide bonds. The van der Waals surface area contributed by atoms with Crippen LogP contribution < -0.4 is 0 Å². The van der Waals surface area contributed by atoms with Gasteiger partial charge in [-0.25, -0.2) is 9.78 Å². The molecule has 0 aliphatic rings. The Labute approximate surface area is 94.9 Å². The SMILES string of the molecule is Cc1cccc2c(C(=O)O)ncc(Br)c12. The third kappa shape index (κ3) is 1.61. The fraction of sp³-hybridized carbons (Fsp3) is 0.0909. The molecule has 1 aromatic carbocycles. The Hall–Kier alpha value is -1.42. The van der Waals surface area contributed by atoms with Crippen LogP contribution in [0.3, 0.4) is 0 Å². The molecule has 2 aromatic rings. The van der Waals surface area contributed by atoms with E-state index in [1.165, 1.54) is 6.20 Å². The zero-order valence-electron chi connectivity index (χ0n) is 7.99. The van der Waals surface area contributed by atoms with Crippen molar-refractivity contribution in [3.63, 3.8) is 0 Å². The third-order valence-electron chi connectivity index (χ3n) is 2.28. The Balaban J connectivity index is 2.95. The van der Waals surface area contributed by atoms with E-state index in [0.717, 1.165) is 15.4 Å². The number of carbonyl (C=O) groups is 1. The molecule has 3 nitrogen and oxygen atoms in total. The second-order valence-electron chi connectivity index (χ2n) is 3.26. The lowest BCUT2D eigenvalue weighted by Gasteiger charge is -2.06. The highest BCUT2D eigenvalue weighted by atomic mass is 79.9. The predicted molar refractivity (Wildman–Crippen MR) is 61.1 cm³/mol. The summed E-state index contributed by atoms with van der Waals surface area (Å²) in [6.45, 7) is 1.94. The first kappa shape index (κ1) is 10.1. The first-order chi connectivity index (χ1) is 7.11. The number of pyridine rings is 1. The summed E-state index contributed by atoms with van der Waals surface area (Å²) in [7, 11) is 0. The van der Waals surface area contributed by atoms with Crippen LogP contribution in [0.5, 0.6) is 0 Å². The van der Waals surface area contributed by atoms with Crippen molar-refractivity contribution in [1.82, 2.24) is 4.98 Å². The number of hydrogen-bond acceptors (Lipinski definition) is 2. The smallest absolute Gasteiger partial charge is 0.355 e. The maximum atomic E-state index is 11.0. The number of aryl methyl sites for hydroxylation is 1. The normalized spacial score (nSPS) is 10.5. The van der Waals surface area contributed by atoms with E-state index in [0.29, 0.717) is 5.39 Å². The van der Waals surface area contributed by atoms with Crippen molar-refractivity contribution < 1.29 is 9.90 Å². The van der Waals surface area contributed by atoms with Crippen molar-refractivity contribution in [2.75, 3.05) is 0 Å². The predicted octanol–water partition coefficient (Wildman–Crippen LogP) is 3.00. The fourth-order valence-electron chi connectivity index (χ4n) is 1.61. The van der Waals surface area contributed by atoms with Gasteiger partial charge in [0, 0.05) is 21.4 Å². The summed E-state index contributed by atoms with van der Waals surface area (Å²) in [6, 6.07) is 5.54. The van der Waals surface area contributed by atoms with Gasteiger partial charge < -0.3 is 5.11 Å². The molecule has 0 aliphatic heterocycles. The standard InChI is InChI=1S/C11H8BrNO2/c1-6-3-2-4-7-9(6)8(12)5-13-10(7)11(14)15/h2-5H,1H3,(H,14,15). The van der Waals surface area contributed by atoms with Gasteiger partial charge in [-0.2, -0.15) is 0 Å². The lowest BCUT2D eigenvalue weighted by Crippen LogP contribution is -2.01. The van der Waals surface area contributed by atoms with E-state index in [9.17, 15) is 4.79 Å². The van der Waals surface area contributed by atoms with E-state index in [1.807, 2.05) is 19.1 Å². The molecule has 76 valence electrons. The van der Waals surface area contributed by atoms with Crippen molar-refractivity contribution in [2.45, 2.75) is 6.92 Å². The molecule has 0 unspecified atom stereocenters. The molecule has 0 fully saturated rings. The molecule has 1 N–H and O–H groups in total. The minimum absolute atomic E-state index is 0.0944. The van der Waals surface area contributed by atoms with Gasteiger partial charge in [-0.15, -0.1) is 0 Å². The summed E-state index contributed by atoms with van der Waals surface area (Å²) < 4.78 is 0.820. The highest BCUT2D eigenvalue weighted by molar-refractivity contribution is 9.10. The maximum absolute atomic E-state index is 11.0. The van der Waals surface area contributed by atoms with Gasteiger partial charge >= 0.3 is 5.97 Å². The zero-order chi connectivity index (χ0) is 11.0. The molecule has 0 atom stereocenters. The van der Waals surface area contributed by atoms with Crippen molar-refractivity contribution in [2.24, 2.45) is 0 Å². The molecule has 0 bridgehead atoms. The monoisotopic (exact) mass is 265 g/mol. The molecular formula is C11H8BrNO2. The van der Waals surface area contributed by atoms with Gasteiger partial charge in [-0.05, 0) is 28.4 Å². The molecule has 0 saturated heterocycles. The Morgan fingerprint density at radius 3 is 2.87 bits per heavy atom. The van der Waals surface area contributed by atoms with Crippen LogP contribution in [0.15, 0.2) is 28.9 Å². The van der Waals surface area contributed by atoms with E-state index < -0.39 is 5.97 Å². The number of carboxylic acids is 1. The average molecular weight is 266 g/mol. The number of fused-ring (bicyclic) bond motifs is 1. The second kappa shape index (κ2) is 3.62. The molecule has 4 heteroatoms. The first-order valence-electron chi connectivity index (χ1n) is 4.38. The van der Waals surface area contributed by atoms with Crippen molar-refractivity contribution in [1.29, 1.82) is 0 Å². The van der Waals surface area contributed by atoms with Crippen LogP contribution in [-0.4, -0.2) is 16.1 Å². The van der Waals surface area contributed by atoms with Gasteiger partial charge in [-0.3, -0.25) is 0 Å². The van der Waals surface area contributed by atoms with E-state index >= 15 is 0 Å². The van der Waals surface area contributed by atoms with Crippen LogP contribution in [0, 0.1) is 6.92 Å². The highest BCUT2D eigenvalue weighted by Crippen LogP contribution is 2.28. The Morgan fingerprint density at radius 1 is 1.47 bits per heavy atom. The zero-order valence-corrected chi connectivity index (χ0v) is 9.58. The molecular weight excluding hydrogens is 258 g/mol. The molecule has 0 spiro atoms. The summed E-state index contributed by atoms with van der Waals surface area (Å²) in [4.78, 5) is 14.9. The van der Waals surface area contributed by atoms with Gasteiger partial charge in [0.15, 0.2) is 5.69 Å². The molecule has 2 rings (SSSR count). The first-order valence-corrected chi connectivity index (χ1v) is 5.17. The summed E-state index contributed by atoms with van der Waals surface area (Å²) in [5.74, 6) is -1.00. The van der Waals surface area contributed by atoms with Gasteiger partial charge in [0.2, 0.25) is 0 Å². The summed E-state index contributed by atoms with van der Waals surface area (Å²) >= 11 is 3.38. The van der Waals surface area contributed by atoms with Crippen LogP contribution in [-0.2, 0) is 0 Å². The molecule has 15 heavy (non-hydrogen) atoms. The van der Waals surface area contributed by atoms with E-state index in [4.69, 9.17) is 5.11 Å². The van der Waals surface area contributed by atoms with Gasteiger partial charge in [0.25, 0.3) is 0 Å². The third-order valence-corrected chi connectivity index (χ3v) is 2.88. The van der Waals surface area contributed by atoms with Crippen LogP contribution in [0.4, 0.5) is 0 Å². The van der Waals surface area contributed by atoms with E-state index in [2.05, 4.69) is 20.9 Å². The van der Waals surface area contributed by atoms with Crippen LogP contribution in [0.2, 0.25) is 0 Å². The van der Waals surface area contributed by atoms with Gasteiger partial charge in [-0.1, -0.05) is 18.2 Å². The Morgan fingerprint density at radius 2 is 2.20 bits per heavy atom. The average Bonchev–Trinajstić information content (AvgIpc) is 2.17. The summed E-state index contributed by atoms with van der Waals surface area (Å²) in [5.41, 5.74) is 1.13. The van der Waals surface area contributed by atoms with Crippen molar-refractivity contribution in [3.05, 3.63) is 40.1 Å². The minimum atomic E-state index is -1.00. The largest absolute Gasteiger partial charge is 0.476 e. The summed E-state index contributed by atoms with van der Waals surface area (Å²) in [6.07, 6.45) is 1.53. The Kier molecular flexibility index (Phi) is 2.44. The van der Waals surface area contributed by atoms with Gasteiger partial charge in [0.1, 0.15) is 0 Å². The fourth-order valence-corrected chi connectivity index (χ4v) is 2.24. The molecule has 0 aliphatic carbocycles. The van der Waals surface area contributed by atoms with E-state index in [-0.39, 0.29) is 5.69 Å². The summed E-state index contributed by atoms with van der Waals surface area (Å²) in [5, 5.41) is 10.6. The molecule has 1 aromatic heterocycles. The van der Waals surface area contributed by atoms with Crippen molar-refractivity contribution >= 4 is 32.7 Å². The topological polar surface area (TPSA) is 50.2 Å². The molecule has 0 radical (unpaired) electrons. The number of halogens is 1. The quantitative estimate of drug-likeness (QED) is 0.863. The Bertz CT molecular complexity index is 543. The van der Waals surface area contributed by atoms with E-state index in [1.54, 1.807) is 6.07 Å². The number of nitrogens with zero attached hydrogens (tertiary/aromatic N) is 1. The maximum Gasteiger partial charge on any atom is 0.355 e. The highest BCUT2D eigenvalue weighted by Gasteiger charge is 2.12. The number of aromatic nitrogens is 1. The lowest BCUT2D eigenvalue weighted by atomic mass is 10.1. The minimum Gasteiger partial charge on any atom is -0.476 e. The van der Waals surface area contributed by atoms with Crippen LogP contribution >= 0.6 is 15.9 Å². The van der Waals surface area contributed by atoms with Crippen LogP contribution in [0.25, 0.3) is 10.8 Å². The number of carboxylic acid groups (broad SMARTS) is 1. The molecule has 1 heterocycles. The number of rotatable bonds is 1. The van der Waals surface area contributed by atoms with Crippen LogP contribution in [0.1, 0.15) is 16.1 Å². The number of aromatic carboxylic acids is 1. The lowest BCUT2D eigenvalue weighted by molar-refractivity contribution is 0.0693. The van der Waals surface area contributed by atoms with Crippen molar-refractivity contribution in [3.8, 4) is 0 Å².